The van der Waals surface area contributed by atoms with E-state index in [9.17, 15) is 0 Å². The van der Waals surface area contributed by atoms with E-state index in [4.69, 9.17) is 4.74 Å². The van der Waals surface area contributed by atoms with Gasteiger partial charge in [0.1, 0.15) is 11.6 Å². The number of aromatic nitrogens is 2. The summed E-state index contributed by atoms with van der Waals surface area (Å²) in [7, 11) is 1.61. The molecule has 4 heteroatoms. The van der Waals surface area contributed by atoms with Crippen molar-refractivity contribution >= 4 is 5.82 Å². The van der Waals surface area contributed by atoms with Gasteiger partial charge in [0.25, 0.3) is 0 Å². The molecule has 0 saturated carbocycles. The highest BCUT2D eigenvalue weighted by molar-refractivity contribution is 5.39. The quantitative estimate of drug-likeness (QED) is 0.749. The standard InChI is InChI=1S/C12H19N3O/c1-5-6-13-10-8-12(16-4)15-11(14-10)7-9(2)3/h5,8-9H,1,6-7H2,2-4H3,(H,13,14,15). The molecule has 0 aliphatic carbocycles. The third kappa shape index (κ3) is 3.88. The van der Waals surface area contributed by atoms with Crippen molar-refractivity contribution in [2.24, 2.45) is 5.92 Å². The second kappa shape index (κ2) is 6.10. The Kier molecular flexibility index (Phi) is 4.76. The van der Waals surface area contributed by atoms with E-state index in [2.05, 4.69) is 35.7 Å². The van der Waals surface area contributed by atoms with E-state index in [1.165, 1.54) is 0 Å². The molecule has 1 aromatic heterocycles. The Labute approximate surface area is 96.8 Å². The molecular formula is C12H19N3O. The second-order valence-corrected chi connectivity index (χ2v) is 3.98. The fourth-order valence-corrected chi connectivity index (χ4v) is 1.30. The summed E-state index contributed by atoms with van der Waals surface area (Å²) >= 11 is 0. The first-order valence-corrected chi connectivity index (χ1v) is 5.42. The van der Waals surface area contributed by atoms with Crippen molar-refractivity contribution in [2.45, 2.75) is 20.3 Å². The lowest BCUT2D eigenvalue weighted by molar-refractivity contribution is 0.394. The van der Waals surface area contributed by atoms with Crippen LogP contribution >= 0.6 is 0 Å². The maximum atomic E-state index is 5.14. The van der Waals surface area contributed by atoms with Crippen molar-refractivity contribution < 1.29 is 4.74 Å². The van der Waals surface area contributed by atoms with E-state index < -0.39 is 0 Å². The van der Waals surface area contributed by atoms with Gasteiger partial charge in [-0.3, -0.25) is 0 Å². The molecule has 0 fully saturated rings. The van der Waals surface area contributed by atoms with E-state index in [0.29, 0.717) is 18.3 Å². The van der Waals surface area contributed by atoms with Gasteiger partial charge in [0.05, 0.1) is 7.11 Å². The van der Waals surface area contributed by atoms with Crippen LogP contribution in [0, 0.1) is 5.92 Å². The number of methoxy groups -OCH3 is 1. The summed E-state index contributed by atoms with van der Waals surface area (Å²) in [5.74, 6) is 2.71. The van der Waals surface area contributed by atoms with Crippen molar-refractivity contribution in [2.75, 3.05) is 19.0 Å². The maximum Gasteiger partial charge on any atom is 0.218 e. The Balaban J connectivity index is 2.86. The lowest BCUT2D eigenvalue weighted by atomic mass is 10.1. The zero-order valence-corrected chi connectivity index (χ0v) is 10.2. The zero-order chi connectivity index (χ0) is 12.0. The minimum Gasteiger partial charge on any atom is -0.481 e. The van der Waals surface area contributed by atoms with Gasteiger partial charge in [0.2, 0.25) is 5.88 Å². The smallest absolute Gasteiger partial charge is 0.218 e. The first kappa shape index (κ1) is 12.5. The Morgan fingerprint density at radius 3 is 2.81 bits per heavy atom. The molecule has 1 rings (SSSR count). The van der Waals surface area contributed by atoms with Crippen LogP contribution in [-0.2, 0) is 6.42 Å². The summed E-state index contributed by atoms with van der Waals surface area (Å²) in [6, 6.07) is 1.79. The number of anilines is 1. The maximum absolute atomic E-state index is 5.14. The van der Waals surface area contributed by atoms with E-state index in [1.54, 1.807) is 19.3 Å². The van der Waals surface area contributed by atoms with Gasteiger partial charge in [-0.1, -0.05) is 19.9 Å². The number of hydrogen-bond donors (Lipinski definition) is 1. The van der Waals surface area contributed by atoms with Crippen LogP contribution < -0.4 is 10.1 Å². The Bertz CT molecular complexity index is 350. The first-order valence-electron chi connectivity index (χ1n) is 5.42. The molecule has 88 valence electrons. The fraction of sp³-hybridized carbons (Fsp3) is 0.500. The summed E-state index contributed by atoms with van der Waals surface area (Å²) in [5.41, 5.74) is 0. The normalized spacial score (nSPS) is 10.2. The highest BCUT2D eigenvalue weighted by Crippen LogP contribution is 2.15. The van der Waals surface area contributed by atoms with Crippen LogP contribution in [0.5, 0.6) is 5.88 Å². The Morgan fingerprint density at radius 2 is 2.25 bits per heavy atom. The molecule has 0 unspecified atom stereocenters. The molecule has 4 nitrogen and oxygen atoms in total. The Morgan fingerprint density at radius 1 is 1.50 bits per heavy atom. The molecule has 0 saturated heterocycles. The number of hydrogen-bond acceptors (Lipinski definition) is 4. The van der Waals surface area contributed by atoms with Crippen molar-refractivity contribution in [1.29, 1.82) is 0 Å². The van der Waals surface area contributed by atoms with Crippen molar-refractivity contribution in [1.82, 2.24) is 9.97 Å². The highest BCUT2D eigenvalue weighted by Gasteiger charge is 2.06. The topological polar surface area (TPSA) is 47.0 Å². The highest BCUT2D eigenvalue weighted by atomic mass is 16.5. The molecule has 1 heterocycles. The molecule has 0 radical (unpaired) electrons. The van der Waals surface area contributed by atoms with Crippen LogP contribution in [0.1, 0.15) is 19.7 Å². The van der Waals surface area contributed by atoms with E-state index >= 15 is 0 Å². The second-order valence-electron chi connectivity index (χ2n) is 3.98. The fourth-order valence-electron chi connectivity index (χ4n) is 1.30. The summed E-state index contributed by atoms with van der Waals surface area (Å²) in [6.07, 6.45) is 2.64. The molecule has 0 spiro atoms. The molecule has 0 aliphatic heterocycles. The van der Waals surface area contributed by atoms with Gasteiger partial charge in [0.15, 0.2) is 0 Å². The van der Waals surface area contributed by atoms with Gasteiger partial charge in [-0.25, -0.2) is 4.98 Å². The number of nitrogens with zero attached hydrogens (tertiary/aromatic N) is 2. The minimum absolute atomic E-state index is 0.527. The van der Waals surface area contributed by atoms with Gasteiger partial charge >= 0.3 is 0 Å². The van der Waals surface area contributed by atoms with E-state index in [0.717, 1.165) is 18.1 Å². The summed E-state index contributed by atoms with van der Waals surface area (Å²) in [4.78, 5) is 8.71. The minimum atomic E-state index is 0.527. The van der Waals surface area contributed by atoms with Gasteiger partial charge < -0.3 is 10.1 Å². The molecule has 0 aromatic carbocycles. The molecular weight excluding hydrogens is 202 g/mol. The molecule has 0 atom stereocenters. The first-order chi connectivity index (χ1) is 7.65. The molecule has 1 N–H and O–H groups in total. The van der Waals surface area contributed by atoms with Crippen LogP contribution in [0.25, 0.3) is 0 Å². The monoisotopic (exact) mass is 221 g/mol. The largest absolute Gasteiger partial charge is 0.481 e. The van der Waals surface area contributed by atoms with Crippen LogP contribution in [0.15, 0.2) is 18.7 Å². The van der Waals surface area contributed by atoms with Crippen LogP contribution in [0.2, 0.25) is 0 Å². The summed E-state index contributed by atoms with van der Waals surface area (Å²) in [6.45, 7) is 8.61. The number of nitrogens with one attached hydrogen (secondary N) is 1. The SMILES string of the molecule is C=CCNc1cc(OC)nc(CC(C)C)n1. The lowest BCUT2D eigenvalue weighted by Crippen LogP contribution is -2.07. The Hall–Kier alpha value is -1.58. The van der Waals surface area contributed by atoms with Gasteiger partial charge in [0, 0.05) is 19.0 Å². The molecule has 0 bridgehead atoms. The average molecular weight is 221 g/mol. The van der Waals surface area contributed by atoms with E-state index in [-0.39, 0.29) is 0 Å². The average Bonchev–Trinajstić information content (AvgIpc) is 2.25. The number of ether oxygens (including phenoxy) is 1. The van der Waals surface area contributed by atoms with Gasteiger partial charge in [-0.05, 0) is 5.92 Å². The molecule has 0 amide bonds. The predicted molar refractivity (Wildman–Crippen MR) is 65.8 cm³/mol. The van der Waals surface area contributed by atoms with Crippen molar-refractivity contribution in [3.05, 3.63) is 24.5 Å². The predicted octanol–water partition coefficient (Wildman–Crippen LogP) is 2.28. The third-order valence-electron chi connectivity index (χ3n) is 1.98. The molecule has 0 aliphatic rings. The van der Waals surface area contributed by atoms with Crippen molar-refractivity contribution in [3.63, 3.8) is 0 Å². The number of rotatable bonds is 6. The molecule has 1 aromatic rings. The van der Waals surface area contributed by atoms with Gasteiger partial charge in [-0.2, -0.15) is 4.98 Å². The lowest BCUT2D eigenvalue weighted by Gasteiger charge is -2.09. The van der Waals surface area contributed by atoms with E-state index in [1.807, 2.05) is 0 Å². The van der Waals surface area contributed by atoms with Crippen LogP contribution in [-0.4, -0.2) is 23.6 Å². The van der Waals surface area contributed by atoms with Gasteiger partial charge in [-0.15, -0.1) is 6.58 Å². The summed E-state index contributed by atoms with van der Waals surface area (Å²) in [5, 5.41) is 3.13. The van der Waals surface area contributed by atoms with Crippen molar-refractivity contribution in [3.8, 4) is 5.88 Å². The molecule has 16 heavy (non-hydrogen) atoms. The zero-order valence-electron chi connectivity index (χ0n) is 10.2. The van der Waals surface area contributed by atoms with Crippen LogP contribution in [0.4, 0.5) is 5.82 Å². The summed E-state index contributed by atoms with van der Waals surface area (Å²) < 4.78 is 5.14. The van der Waals surface area contributed by atoms with Crippen LogP contribution in [0.3, 0.4) is 0 Å². The third-order valence-corrected chi connectivity index (χ3v) is 1.98.